The molecule has 0 unspecified atom stereocenters. The lowest BCUT2D eigenvalue weighted by Gasteiger charge is -2.23. The summed E-state index contributed by atoms with van der Waals surface area (Å²) in [6.07, 6.45) is 7.55. The van der Waals surface area contributed by atoms with Crippen molar-refractivity contribution < 1.29 is 9.53 Å². The van der Waals surface area contributed by atoms with Crippen molar-refractivity contribution in [1.82, 2.24) is 10.7 Å². The Bertz CT molecular complexity index is 1210. The van der Waals surface area contributed by atoms with Crippen LogP contribution in [0.5, 0.6) is 5.75 Å². The average molecular weight is 500 g/mol. The summed E-state index contributed by atoms with van der Waals surface area (Å²) < 4.78 is 5.71. The lowest BCUT2D eigenvalue weighted by molar-refractivity contribution is 0.0735. The van der Waals surface area contributed by atoms with Crippen molar-refractivity contribution in [3.05, 3.63) is 75.8 Å². The zero-order chi connectivity index (χ0) is 23.2. The zero-order valence-corrected chi connectivity index (χ0v) is 20.1. The van der Waals surface area contributed by atoms with Gasteiger partial charge in [-0.25, -0.2) is 4.79 Å². The fourth-order valence-corrected chi connectivity index (χ4v) is 4.63. The van der Waals surface area contributed by atoms with Crippen LogP contribution in [-0.2, 0) is 0 Å². The number of rotatable bonds is 5. The van der Waals surface area contributed by atoms with Crippen LogP contribution in [0.4, 0.5) is 0 Å². The number of nitrogens with zero attached hydrogens (tertiary/aromatic N) is 1. The van der Waals surface area contributed by atoms with Crippen LogP contribution in [0, 0.1) is 0 Å². The van der Waals surface area contributed by atoms with E-state index in [4.69, 9.17) is 40.2 Å². The molecule has 0 heterocycles. The van der Waals surface area contributed by atoms with E-state index in [-0.39, 0.29) is 10.6 Å². The van der Waals surface area contributed by atoms with Gasteiger partial charge in [-0.15, -0.1) is 0 Å². The van der Waals surface area contributed by atoms with Gasteiger partial charge in [0.15, 0.2) is 5.11 Å². The third-order valence-corrected chi connectivity index (χ3v) is 6.34. The van der Waals surface area contributed by atoms with Crippen molar-refractivity contribution in [3.8, 4) is 5.75 Å². The highest BCUT2D eigenvalue weighted by Gasteiger charge is 2.17. The standard InChI is InChI=1S/C25H23Cl2N3O2S/c26-17-11-12-20(22(27)14-17)24(31)32-23-13-10-16-6-4-5-9-19(16)21(23)15-28-30-25(33)29-18-7-2-1-3-8-18/h4-6,9-15,18H,1-3,7-8H2,(H2,29,30,33). The Morgan fingerprint density at radius 1 is 1.06 bits per heavy atom. The molecule has 0 saturated heterocycles. The van der Waals surface area contributed by atoms with Gasteiger partial charge in [0.05, 0.1) is 16.8 Å². The number of fused-ring (bicyclic) bond motifs is 1. The minimum atomic E-state index is -0.580. The van der Waals surface area contributed by atoms with Crippen LogP contribution in [-0.4, -0.2) is 23.3 Å². The Hall–Kier alpha value is -2.67. The molecule has 0 spiro atoms. The van der Waals surface area contributed by atoms with E-state index < -0.39 is 5.97 Å². The molecule has 33 heavy (non-hydrogen) atoms. The summed E-state index contributed by atoms with van der Waals surface area (Å²) in [6, 6.07) is 16.5. The van der Waals surface area contributed by atoms with Gasteiger partial charge in [0.2, 0.25) is 0 Å². The molecule has 0 radical (unpaired) electrons. The quantitative estimate of drug-likeness (QED) is 0.138. The number of esters is 1. The lowest BCUT2D eigenvalue weighted by Crippen LogP contribution is -2.40. The fourth-order valence-electron chi connectivity index (χ4n) is 3.93. The highest BCUT2D eigenvalue weighted by Crippen LogP contribution is 2.29. The molecule has 3 aromatic rings. The first-order chi connectivity index (χ1) is 16.0. The molecular formula is C25H23Cl2N3O2S. The van der Waals surface area contributed by atoms with Gasteiger partial charge in [-0.3, -0.25) is 5.43 Å². The number of carbonyl (C=O) groups is 1. The van der Waals surface area contributed by atoms with Gasteiger partial charge < -0.3 is 10.1 Å². The summed E-state index contributed by atoms with van der Waals surface area (Å²) in [7, 11) is 0. The maximum absolute atomic E-state index is 12.8. The second kappa shape index (κ2) is 11.0. The first kappa shape index (κ1) is 23.5. The maximum atomic E-state index is 12.8. The van der Waals surface area contributed by atoms with E-state index >= 15 is 0 Å². The minimum Gasteiger partial charge on any atom is -0.422 e. The molecule has 1 fully saturated rings. The number of hydrazone groups is 1. The topological polar surface area (TPSA) is 62.7 Å². The SMILES string of the molecule is O=C(Oc1ccc2ccccc2c1C=NNC(=S)NC1CCCCC1)c1ccc(Cl)cc1Cl. The van der Waals surface area contributed by atoms with Crippen LogP contribution in [0.15, 0.2) is 59.7 Å². The van der Waals surface area contributed by atoms with Gasteiger partial charge in [0, 0.05) is 16.6 Å². The second-order valence-electron chi connectivity index (χ2n) is 7.89. The first-order valence-corrected chi connectivity index (χ1v) is 12.0. The van der Waals surface area contributed by atoms with Gasteiger partial charge in [-0.05, 0) is 60.1 Å². The summed E-state index contributed by atoms with van der Waals surface area (Å²) in [5, 5.41) is 10.7. The number of halogens is 2. The summed E-state index contributed by atoms with van der Waals surface area (Å²) >= 11 is 17.5. The summed E-state index contributed by atoms with van der Waals surface area (Å²) in [5.41, 5.74) is 3.77. The van der Waals surface area contributed by atoms with Gasteiger partial charge >= 0.3 is 5.97 Å². The van der Waals surface area contributed by atoms with Crippen molar-refractivity contribution in [1.29, 1.82) is 0 Å². The van der Waals surface area contributed by atoms with Crippen LogP contribution in [0.3, 0.4) is 0 Å². The van der Waals surface area contributed by atoms with Gasteiger partial charge in [-0.1, -0.05) is 72.8 Å². The Morgan fingerprint density at radius 2 is 1.85 bits per heavy atom. The molecule has 1 aliphatic rings. The normalized spacial score (nSPS) is 14.4. The van der Waals surface area contributed by atoms with Gasteiger partial charge in [0.25, 0.3) is 0 Å². The second-order valence-corrected chi connectivity index (χ2v) is 9.14. The van der Waals surface area contributed by atoms with Crippen molar-refractivity contribution in [3.63, 3.8) is 0 Å². The van der Waals surface area contributed by atoms with E-state index in [2.05, 4.69) is 15.8 Å². The third-order valence-electron chi connectivity index (χ3n) is 5.58. The Labute approximate surface area is 208 Å². The van der Waals surface area contributed by atoms with Gasteiger partial charge in [0.1, 0.15) is 5.75 Å². The van der Waals surface area contributed by atoms with Crippen LogP contribution >= 0.6 is 35.4 Å². The van der Waals surface area contributed by atoms with Gasteiger partial charge in [-0.2, -0.15) is 5.10 Å². The van der Waals surface area contributed by atoms with Crippen molar-refractivity contribution >= 4 is 63.5 Å². The minimum absolute atomic E-state index is 0.226. The molecule has 0 atom stereocenters. The monoisotopic (exact) mass is 499 g/mol. The fraction of sp³-hybridized carbons (Fsp3) is 0.240. The zero-order valence-electron chi connectivity index (χ0n) is 17.8. The number of benzene rings is 3. The molecule has 0 aliphatic heterocycles. The first-order valence-electron chi connectivity index (χ1n) is 10.8. The molecule has 8 heteroatoms. The number of carbonyl (C=O) groups excluding carboxylic acids is 1. The molecule has 1 saturated carbocycles. The molecule has 0 amide bonds. The van der Waals surface area contributed by atoms with Crippen molar-refractivity contribution in [2.45, 2.75) is 38.1 Å². The molecule has 4 rings (SSSR count). The predicted molar refractivity (Wildman–Crippen MR) is 139 cm³/mol. The number of hydrogen-bond donors (Lipinski definition) is 2. The van der Waals surface area contributed by atoms with Crippen molar-refractivity contribution in [2.75, 3.05) is 0 Å². The van der Waals surface area contributed by atoms with E-state index in [0.717, 1.165) is 23.6 Å². The van der Waals surface area contributed by atoms with Crippen LogP contribution < -0.4 is 15.5 Å². The molecule has 1 aliphatic carbocycles. The Morgan fingerprint density at radius 3 is 2.64 bits per heavy atom. The molecule has 0 aromatic heterocycles. The smallest absolute Gasteiger partial charge is 0.345 e. The lowest BCUT2D eigenvalue weighted by atomic mass is 9.96. The summed E-state index contributed by atoms with van der Waals surface area (Å²) in [6.45, 7) is 0. The molecule has 3 aromatic carbocycles. The number of hydrogen-bond acceptors (Lipinski definition) is 4. The highest BCUT2D eigenvalue weighted by molar-refractivity contribution is 7.80. The van der Waals surface area contributed by atoms with Crippen LogP contribution in [0.25, 0.3) is 10.8 Å². The number of ether oxygens (including phenoxy) is 1. The molecule has 0 bridgehead atoms. The maximum Gasteiger partial charge on any atom is 0.345 e. The number of thiocarbonyl (C=S) groups is 1. The van der Waals surface area contributed by atoms with E-state index in [0.29, 0.717) is 27.5 Å². The summed E-state index contributed by atoms with van der Waals surface area (Å²) in [5.74, 6) is -0.217. The largest absolute Gasteiger partial charge is 0.422 e. The van der Waals surface area contributed by atoms with E-state index in [1.807, 2.05) is 30.3 Å². The van der Waals surface area contributed by atoms with Crippen LogP contribution in [0.1, 0.15) is 48.0 Å². The Kier molecular flexibility index (Phi) is 7.81. The van der Waals surface area contributed by atoms with E-state index in [9.17, 15) is 4.79 Å². The molecule has 5 nitrogen and oxygen atoms in total. The van der Waals surface area contributed by atoms with Crippen molar-refractivity contribution in [2.24, 2.45) is 5.10 Å². The summed E-state index contributed by atoms with van der Waals surface area (Å²) in [4.78, 5) is 12.8. The third kappa shape index (κ3) is 6.02. The number of nitrogens with one attached hydrogen (secondary N) is 2. The van der Waals surface area contributed by atoms with E-state index in [1.165, 1.54) is 25.3 Å². The highest BCUT2D eigenvalue weighted by atomic mass is 35.5. The molecular weight excluding hydrogens is 477 g/mol. The van der Waals surface area contributed by atoms with E-state index in [1.54, 1.807) is 24.4 Å². The molecule has 170 valence electrons. The Balaban J connectivity index is 1.55. The average Bonchev–Trinajstić information content (AvgIpc) is 2.80. The van der Waals surface area contributed by atoms with Crippen LogP contribution in [0.2, 0.25) is 10.0 Å². The predicted octanol–water partition coefficient (Wildman–Crippen LogP) is 6.50. The molecule has 2 N–H and O–H groups in total.